The number of carbonyl (C=O) groups excluding carboxylic acids is 2. The molecule has 3 aromatic carbocycles. The summed E-state index contributed by atoms with van der Waals surface area (Å²) in [5.74, 6) is -0.739. The smallest absolute Gasteiger partial charge is 0.244 e. The number of nitrogens with zero attached hydrogens (tertiary/aromatic N) is 2. The number of benzene rings is 3. The number of rotatable bonds is 12. The van der Waals surface area contributed by atoms with Crippen LogP contribution in [0.25, 0.3) is 0 Å². The third-order valence-electron chi connectivity index (χ3n) is 6.54. The number of hydrogen-bond acceptors (Lipinski definition) is 4. The van der Waals surface area contributed by atoms with Gasteiger partial charge in [-0.25, -0.2) is 8.42 Å². The Balaban J connectivity index is 2.04. The molecule has 7 nitrogen and oxygen atoms in total. The van der Waals surface area contributed by atoms with Gasteiger partial charge in [0.15, 0.2) is 0 Å². The molecule has 39 heavy (non-hydrogen) atoms. The van der Waals surface area contributed by atoms with Crippen molar-refractivity contribution < 1.29 is 18.0 Å². The van der Waals surface area contributed by atoms with E-state index >= 15 is 0 Å². The third kappa shape index (κ3) is 8.66. The van der Waals surface area contributed by atoms with Crippen molar-refractivity contribution in [1.29, 1.82) is 0 Å². The number of halogens is 1. The maximum atomic E-state index is 14.0. The van der Waals surface area contributed by atoms with Crippen LogP contribution in [0.2, 0.25) is 0 Å². The molecule has 208 valence electrons. The van der Waals surface area contributed by atoms with E-state index in [1.807, 2.05) is 81.4 Å². The van der Waals surface area contributed by atoms with Gasteiger partial charge in [-0.3, -0.25) is 13.9 Å². The molecule has 1 atom stereocenters. The van der Waals surface area contributed by atoms with Gasteiger partial charge < -0.3 is 10.2 Å². The molecular formula is C30H36BrN3O4S. The Hall–Kier alpha value is -3.17. The molecule has 0 aromatic heterocycles. The van der Waals surface area contributed by atoms with Crippen LogP contribution in [0, 0.1) is 13.8 Å². The number of nitrogens with one attached hydrogen (secondary N) is 1. The Kier molecular flexibility index (Phi) is 10.7. The molecule has 0 heterocycles. The van der Waals surface area contributed by atoms with Crippen LogP contribution in [0.4, 0.5) is 5.69 Å². The highest BCUT2D eigenvalue weighted by Gasteiger charge is 2.33. The van der Waals surface area contributed by atoms with Crippen LogP contribution < -0.4 is 9.62 Å². The van der Waals surface area contributed by atoms with Crippen LogP contribution >= 0.6 is 15.9 Å². The second-order valence-corrected chi connectivity index (χ2v) is 12.5. The molecule has 0 fully saturated rings. The molecule has 9 heteroatoms. The fraction of sp³-hybridized carbons (Fsp3) is 0.333. The Morgan fingerprint density at radius 2 is 1.59 bits per heavy atom. The first-order valence-electron chi connectivity index (χ1n) is 12.9. The number of carbonyl (C=O) groups is 2. The summed E-state index contributed by atoms with van der Waals surface area (Å²) >= 11 is 3.44. The van der Waals surface area contributed by atoms with E-state index in [1.165, 1.54) is 4.90 Å². The SMILES string of the molecule is CCCNC(=O)[C@H](Cc1ccccc1)N(Cc1ccc(Br)cc1)C(=O)CN(c1ccc(C)c(C)c1)S(C)(=O)=O. The predicted molar refractivity (Wildman–Crippen MR) is 160 cm³/mol. The summed E-state index contributed by atoms with van der Waals surface area (Å²) in [6, 6.07) is 21.5. The van der Waals surface area contributed by atoms with Crippen LogP contribution in [-0.2, 0) is 32.6 Å². The molecule has 0 aliphatic carbocycles. The van der Waals surface area contributed by atoms with Gasteiger partial charge in [-0.2, -0.15) is 0 Å². The maximum absolute atomic E-state index is 14.0. The van der Waals surface area contributed by atoms with E-state index in [2.05, 4.69) is 21.2 Å². The molecule has 2 amide bonds. The van der Waals surface area contributed by atoms with Crippen molar-refractivity contribution in [2.75, 3.05) is 23.7 Å². The monoisotopic (exact) mass is 613 g/mol. The molecule has 0 aliphatic rings. The molecule has 3 aromatic rings. The first-order valence-corrected chi connectivity index (χ1v) is 15.5. The highest BCUT2D eigenvalue weighted by molar-refractivity contribution is 9.10. The van der Waals surface area contributed by atoms with Gasteiger partial charge in [0.05, 0.1) is 11.9 Å². The van der Waals surface area contributed by atoms with E-state index in [0.29, 0.717) is 18.7 Å². The van der Waals surface area contributed by atoms with Gasteiger partial charge in [-0.1, -0.05) is 71.4 Å². The summed E-state index contributed by atoms with van der Waals surface area (Å²) in [5.41, 5.74) is 4.07. The van der Waals surface area contributed by atoms with Crippen molar-refractivity contribution in [3.8, 4) is 0 Å². The first kappa shape index (κ1) is 30.4. The lowest BCUT2D eigenvalue weighted by Gasteiger charge is -2.33. The zero-order valence-corrected chi connectivity index (χ0v) is 25.3. The fourth-order valence-corrected chi connectivity index (χ4v) is 5.31. The average Bonchev–Trinajstić information content (AvgIpc) is 2.90. The van der Waals surface area contributed by atoms with Crippen LogP contribution in [-0.4, -0.2) is 50.5 Å². The summed E-state index contributed by atoms with van der Waals surface area (Å²) in [6.45, 7) is 6.00. The van der Waals surface area contributed by atoms with E-state index < -0.39 is 28.5 Å². The number of amides is 2. The minimum Gasteiger partial charge on any atom is -0.354 e. The van der Waals surface area contributed by atoms with Crippen LogP contribution in [0.1, 0.15) is 35.6 Å². The van der Waals surface area contributed by atoms with Gasteiger partial charge >= 0.3 is 0 Å². The van der Waals surface area contributed by atoms with Gasteiger partial charge in [0.2, 0.25) is 21.8 Å². The largest absolute Gasteiger partial charge is 0.354 e. The summed E-state index contributed by atoms with van der Waals surface area (Å²) in [6.07, 6.45) is 2.13. The lowest BCUT2D eigenvalue weighted by molar-refractivity contribution is -0.140. The van der Waals surface area contributed by atoms with Crippen molar-refractivity contribution in [2.45, 2.75) is 46.2 Å². The quantitative estimate of drug-likeness (QED) is 0.311. The van der Waals surface area contributed by atoms with E-state index in [0.717, 1.165) is 43.7 Å². The Labute approximate surface area is 240 Å². The lowest BCUT2D eigenvalue weighted by Crippen LogP contribution is -2.53. The average molecular weight is 615 g/mol. The van der Waals surface area contributed by atoms with E-state index in [1.54, 1.807) is 12.1 Å². The normalized spacial score (nSPS) is 12.0. The third-order valence-corrected chi connectivity index (χ3v) is 8.21. The molecule has 0 bridgehead atoms. The highest BCUT2D eigenvalue weighted by Crippen LogP contribution is 2.23. The lowest BCUT2D eigenvalue weighted by atomic mass is 10.0. The molecule has 0 saturated heterocycles. The number of sulfonamides is 1. The van der Waals surface area contributed by atoms with Crippen LogP contribution in [0.3, 0.4) is 0 Å². The van der Waals surface area contributed by atoms with Gasteiger partial charge in [0.25, 0.3) is 0 Å². The summed E-state index contributed by atoms with van der Waals surface area (Å²) in [4.78, 5) is 29.0. The van der Waals surface area contributed by atoms with Crippen molar-refractivity contribution >= 4 is 43.5 Å². The number of hydrogen-bond donors (Lipinski definition) is 1. The first-order chi connectivity index (χ1) is 18.5. The Bertz CT molecular complexity index is 1380. The van der Waals surface area contributed by atoms with Crippen molar-refractivity contribution in [3.63, 3.8) is 0 Å². The molecule has 0 radical (unpaired) electrons. The molecule has 0 spiro atoms. The molecule has 0 aliphatic heterocycles. The Morgan fingerprint density at radius 3 is 2.18 bits per heavy atom. The molecule has 1 N–H and O–H groups in total. The Morgan fingerprint density at radius 1 is 0.923 bits per heavy atom. The standard InChI is InChI=1S/C30H36BrN3O4S/c1-5-17-32-30(36)28(19-24-9-7-6-8-10-24)33(20-25-12-14-26(31)15-13-25)29(35)21-34(39(4,37)38)27-16-11-22(2)23(3)18-27/h6-16,18,28H,5,17,19-21H2,1-4H3,(H,32,36)/t28-/m0/s1. The van der Waals surface area contributed by atoms with Crippen LogP contribution in [0.5, 0.6) is 0 Å². The second-order valence-electron chi connectivity index (χ2n) is 9.68. The minimum atomic E-state index is -3.79. The zero-order valence-electron chi connectivity index (χ0n) is 22.9. The minimum absolute atomic E-state index is 0.147. The van der Waals surface area contributed by atoms with Gasteiger partial charge in [-0.05, 0) is 66.8 Å². The van der Waals surface area contributed by atoms with Gasteiger partial charge in [0, 0.05) is 24.0 Å². The number of anilines is 1. The van der Waals surface area contributed by atoms with Gasteiger partial charge in [0.1, 0.15) is 12.6 Å². The van der Waals surface area contributed by atoms with E-state index in [-0.39, 0.29) is 12.5 Å². The summed E-state index contributed by atoms with van der Waals surface area (Å²) < 4.78 is 27.8. The van der Waals surface area contributed by atoms with Crippen molar-refractivity contribution in [2.24, 2.45) is 0 Å². The molecule has 0 unspecified atom stereocenters. The van der Waals surface area contributed by atoms with E-state index in [4.69, 9.17) is 0 Å². The summed E-state index contributed by atoms with van der Waals surface area (Å²) in [7, 11) is -3.79. The topological polar surface area (TPSA) is 86.8 Å². The predicted octanol–water partition coefficient (Wildman–Crippen LogP) is 5.00. The van der Waals surface area contributed by atoms with E-state index in [9.17, 15) is 18.0 Å². The molecule has 0 saturated carbocycles. The van der Waals surface area contributed by atoms with Crippen LogP contribution in [0.15, 0.2) is 77.3 Å². The fourth-order valence-electron chi connectivity index (χ4n) is 4.20. The highest BCUT2D eigenvalue weighted by atomic mass is 79.9. The second kappa shape index (κ2) is 13.8. The van der Waals surface area contributed by atoms with Gasteiger partial charge in [-0.15, -0.1) is 0 Å². The van der Waals surface area contributed by atoms with Crippen molar-refractivity contribution in [1.82, 2.24) is 10.2 Å². The summed E-state index contributed by atoms with van der Waals surface area (Å²) in [5, 5.41) is 2.94. The number of aryl methyl sites for hydroxylation is 2. The van der Waals surface area contributed by atoms with Crippen molar-refractivity contribution in [3.05, 3.63) is 99.5 Å². The molecular weight excluding hydrogens is 578 g/mol. The zero-order chi connectivity index (χ0) is 28.6. The molecule has 3 rings (SSSR count). The maximum Gasteiger partial charge on any atom is 0.244 e.